The topological polar surface area (TPSA) is 41.9 Å². The van der Waals surface area contributed by atoms with Crippen LogP contribution < -0.4 is 9.47 Å². The smallest absolute Gasteiger partial charge is 0.180 e. The second-order valence-corrected chi connectivity index (χ2v) is 8.47. The molecule has 3 atom stereocenters. The maximum Gasteiger partial charge on any atom is 0.180 e. The van der Waals surface area contributed by atoms with Crippen molar-refractivity contribution in [3.8, 4) is 11.5 Å². The summed E-state index contributed by atoms with van der Waals surface area (Å²) in [5, 5.41) is 11.4. The van der Waals surface area contributed by atoms with E-state index < -0.39 is 0 Å². The number of nitrogens with zero attached hydrogens (tertiary/aromatic N) is 1. The van der Waals surface area contributed by atoms with E-state index in [9.17, 15) is 5.11 Å². The molecule has 1 aromatic rings. The molecule has 2 aliphatic heterocycles. The largest absolute Gasteiger partial charge is 0.493 e. The maximum absolute atomic E-state index is 10.7. The Kier molecular flexibility index (Phi) is 6.37. The van der Waals surface area contributed by atoms with Crippen LogP contribution in [0.5, 0.6) is 11.5 Å². The van der Waals surface area contributed by atoms with E-state index >= 15 is 0 Å². The minimum absolute atomic E-state index is 0.212. The number of rotatable bonds is 6. The maximum atomic E-state index is 10.7. The molecule has 4 nitrogen and oxygen atoms in total. The quantitative estimate of drug-likeness (QED) is 0.789. The van der Waals surface area contributed by atoms with Gasteiger partial charge in [0.25, 0.3) is 0 Å². The number of methoxy groups -OCH3 is 1. The van der Waals surface area contributed by atoms with E-state index in [1.165, 1.54) is 5.56 Å². The van der Waals surface area contributed by atoms with Gasteiger partial charge in [-0.15, -0.1) is 0 Å². The van der Waals surface area contributed by atoms with Crippen molar-refractivity contribution in [2.24, 2.45) is 11.8 Å². The molecule has 2 heterocycles. The van der Waals surface area contributed by atoms with Crippen LogP contribution in [-0.2, 0) is 6.42 Å². The van der Waals surface area contributed by atoms with E-state index in [0.29, 0.717) is 35.0 Å². The van der Waals surface area contributed by atoms with E-state index in [0.717, 1.165) is 44.3 Å². The average Bonchev–Trinajstić information content (AvgIpc) is 2.61. The number of halogens is 1. The van der Waals surface area contributed by atoms with Crippen LogP contribution in [0.4, 0.5) is 0 Å². The number of fused-ring (bicyclic) bond motifs is 3. The number of aliphatic hydroxyl groups is 1. The zero-order chi connectivity index (χ0) is 18.8. The summed E-state index contributed by atoms with van der Waals surface area (Å²) in [6.45, 7) is 9.10. The molecular weight excluding hydrogens is 350 g/mol. The van der Waals surface area contributed by atoms with Crippen molar-refractivity contribution in [2.45, 2.75) is 58.6 Å². The first-order valence-electron chi connectivity index (χ1n) is 9.90. The van der Waals surface area contributed by atoms with Gasteiger partial charge in [-0.1, -0.05) is 32.4 Å². The number of hydrogen-bond acceptors (Lipinski definition) is 4. The van der Waals surface area contributed by atoms with Gasteiger partial charge in [0, 0.05) is 19.1 Å². The van der Waals surface area contributed by atoms with Crippen LogP contribution in [-0.4, -0.2) is 42.9 Å². The minimum Gasteiger partial charge on any atom is -0.493 e. The normalized spacial score (nSPS) is 25.7. The van der Waals surface area contributed by atoms with Gasteiger partial charge in [0.15, 0.2) is 11.5 Å². The summed E-state index contributed by atoms with van der Waals surface area (Å²) in [5.41, 5.74) is 2.36. The molecule has 0 aromatic heterocycles. The second kappa shape index (κ2) is 8.37. The highest BCUT2D eigenvalue weighted by atomic mass is 35.5. The third kappa shape index (κ3) is 3.83. The number of aliphatic hydroxyl groups excluding tert-OH is 1. The van der Waals surface area contributed by atoms with Crippen molar-refractivity contribution in [2.75, 3.05) is 26.8 Å². The third-order valence-corrected chi connectivity index (χ3v) is 6.09. The van der Waals surface area contributed by atoms with E-state index in [1.54, 1.807) is 7.11 Å². The summed E-state index contributed by atoms with van der Waals surface area (Å²) in [5.74, 6) is 2.33. The molecule has 0 spiro atoms. The Labute approximate surface area is 162 Å². The summed E-state index contributed by atoms with van der Waals surface area (Å²) in [7, 11) is 1.66. The summed E-state index contributed by atoms with van der Waals surface area (Å²) in [6, 6.07) is 2.29. The highest BCUT2D eigenvalue weighted by molar-refractivity contribution is 6.33. The standard InChI is InChI=1S/C21H32ClNO3/c1-5-8-26-21-19(25-4)10-16-15(20(21)22)6-7-23-12-14(9-13(2)3)18(24)11-17(16)23/h10,13-14,17-18,24H,5-9,11-12H2,1-4H3/t14-,17-,18-/m1/s1. The summed E-state index contributed by atoms with van der Waals surface area (Å²) in [6.07, 6.45) is 3.42. The van der Waals surface area contributed by atoms with E-state index in [1.807, 2.05) is 0 Å². The van der Waals surface area contributed by atoms with Crippen LogP contribution in [0.15, 0.2) is 6.07 Å². The van der Waals surface area contributed by atoms with Crippen molar-refractivity contribution < 1.29 is 14.6 Å². The lowest BCUT2D eigenvalue weighted by atomic mass is 9.79. The number of ether oxygens (including phenoxy) is 2. The van der Waals surface area contributed by atoms with Gasteiger partial charge in [0.1, 0.15) is 0 Å². The first-order chi connectivity index (χ1) is 12.5. The Morgan fingerprint density at radius 1 is 1.38 bits per heavy atom. The highest BCUT2D eigenvalue weighted by Crippen LogP contribution is 2.47. The second-order valence-electron chi connectivity index (χ2n) is 8.09. The van der Waals surface area contributed by atoms with Crippen molar-refractivity contribution in [3.63, 3.8) is 0 Å². The fourth-order valence-electron chi connectivity index (χ4n) is 4.49. The van der Waals surface area contributed by atoms with Gasteiger partial charge in [-0.2, -0.15) is 0 Å². The van der Waals surface area contributed by atoms with Crippen molar-refractivity contribution in [1.29, 1.82) is 0 Å². The average molecular weight is 382 g/mol. The summed E-state index contributed by atoms with van der Waals surface area (Å²) in [4.78, 5) is 2.52. The van der Waals surface area contributed by atoms with Crippen LogP contribution in [0.2, 0.25) is 5.02 Å². The lowest BCUT2D eigenvalue weighted by molar-refractivity contribution is -0.0191. The fraction of sp³-hybridized carbons (Fsp3) is 0.714. The van der Waals surface area contributed by atoms with Crippen molar-refractivity contribution in [1.82, 2.24) is 4.90 Å². The molecule has 1 N–H and O–H groups in total. The molecule has 26 heavy (non-hydrogen) atoms. The number of piperidine rings is 1. The molecule has 5 heteroatoms. The van der Waals surface area contributed by atoms with Crippen LogP contribution in [0.3, 0.4) is 0 Å². The molecule has 3 rings (SSSR count). The van der Waals surface area contributed by atoms with E-state index in [4.69, 9.17) is 21.1 Å². The predicted molar refractivity (Wildman–Crippen MR) is 105 cm³/mol. The minimum atomic E-state index is -0.259. The predicted octanol–water partition coefficient (Wildman–Crippen LogP) is 4.46. The molecule has 2 aliphatic rings. The Morgan fingerprint density at radius 3 is 2.81 bits per heavy atom. The summed E-state index contributed by atoms with van der Waals surface area (Å²) < 4.78 is 11.5. The molecule has 0 saturated carbocycles. The van der Waals surface area contributed by atoms with E-state index in [2.05, 4.69) is 31.7 Å². The molecule has 0 bridgehead atoms. The van der Waals surface area contributed by atoms with Crippen molar-refractivity contribution in [3.05, 3.63) is 22.2 Å². The zero-order valence-corrected chi connectivity index (χ0v) is 17.2. The number of hydrogen-bond donors (Lipinski definition) is 1. The zero-order valence-electron chi connectivity index (χ0n) is 16.4. The molecule has 0 unspecified atom stereocenters. The molecule has 0 amide bonds. The van der Waals surface area contributed by atoms with Gasteiger partial charge in [-0.3, -0.25) is 4.90 Å². The molecular formula is C21H32ClNO3. The first kappa shape index (κ1) is 19.8. The molecule has 1 fully saturated rings. The van der Waals surface area contributed by atoms with Gasteiger partial charge in [-0.05, 0) is 54.7 Å². The molecule has 1 saturated heterocycles. The Balaban J connectivity index is 1.90. The van der Waals surface area contributed by atoms with Gasteiger partial charge < -0.3 is 14.6 Å². The SMILES string of the molecule is CCCOc1c(OC)cc2c(c1Cl)CCN1C[C@@H](CC(C)C)[C@H](O)C[C@H]21. The van der Waals surface area contributed by atoms with Crippen LogP contribution in [0.25, 0.3) is 0 Å². The Hall–Kier alpha value is -0.970. The van der Waals surface area contributed by atoms with Gasteiger partial charge >= 0.3 is 0 Å². The molecule has 1 aromatic carbocycles. The van der Waals surface area contributed by atoms with Crippen molar-refractivity contribution >= 4 is 11.6 Å². The molecule has 146 valence electrons. The molecule has 0 radical (unpaired) electrons. The van der Waals surface area contributed by atoms with Gasteiger partial charge in [-0.25, -0.2) is 0 Å². The number of benzene rings is 1. The van der Waals surface area contributed by atoms with Crippen LogP contribution in [0.1, 0.15) is 57.2 Å². The van der Waals surface area contributed by atoms with Crippen LogP contribution in [0, 0.1) is 11.8 Å². The van der Waals surface area contributed by atoms with Crippen LogP contribution >= 0.6 is 11.6 Å². The van der Waals surface area contributed by atoms with Gasteiger partial charge in [0.2, 0.25) is 0 Å². The van der Waals surface area contributed by atoms with E-state index in [-0.39, 0.29) is 12.1 Å². The van der Waals surface area contributed by atoms with Gasteiger partial charge in [0.05, 0.1) is 24.8 Å². The Morgan fingerprint density at radius 2 is 2.15 bits per heavy atom. The monoisotopic (exact) mass is 381 g/mol. The third-order valence-electron chi connectivity index (χ3n) is 5.69. The molecule has 0 aliphatic carbocycles. The summed E-state index contributed by atoms with van der Waals surface area (Å²) >= 11 is 6.73. The fourth-order valence-corrected chi connectivity index (χ4v) is 4.84. The Bertz CT molecular complexity index is 634. The lowest BCUT2D eigenvalue weighted by Crippen LogP contribution is -2.48. The highest BCUT2D eigenvalue weighted by Gasteiger charge is 2.39. The first-order valence-corrected chi connectivity index (χ1v) is 10.3. The lowest BCUT2D eigenvalue weighted by Gasteiger charge is -2.46.